The van der Waals surface area contributed by atoms with E-state index in [1.54, 1.807) is 18.2 Å². The fraction of sp³-hybridized carbons (Fsp3) is 0. The molecule has 1 aliphatic carbocycles. The monoisotopic (exact) mass is 1550 g/mol. The van der Waals surface area contributed by atoms with Crippen LogP contribution >= 0.6 is 0 Å². The number of rotatable bonds is 13. The fourth-order valence-corrected chi connectivity index (χ4v) is 15.5. The zero-order valence-corrected chi connectivity index (χ0v) is 58.6. The van der Waals surface area contributed by atoms with Crippen LogP contribution in [-0.4, -0.2) is 32.5 Å². The van der Waals surface area contributed by atoms with Gasteiger partial charge < -0.3 is 15.1 Å². The zero-order valence-electron chi connectivity index (χ0n) is 58.6. The predicted molar refractivity (Wildman–Crippen MR) is 406 cm³/mol. The van der Waals surface area contributed by atoms with E-state index in [-0.39, 0.29) is 39.0 Å². The number of nitrogens with one attached hydrogen (secondary N) is 2. The first kappa shape index (κ1) is 73.4. The minimum absolute atomic E-state index is 0.00471. The van der Waals surface area contributed by atoms with Crippen LogP contribution in [0.1, 0.15) is 66.3 Å². The minimum atomic E-state index is -1.50. The lowest BCUT2D eigenvalue weighted by molar-refractivity contribution is 0.0696. The molecular weight excluding hydrogens is 1510 g/mol. The van der Waals surface area contributed by atoms with Crippen LogP contribution in [0.5, 0.6) is 0 Å². The molecule has 0 fully saturated rings. The van der Waals surface area contributed by atoms with Crippen molar-refractivity contribution in [3.8, 4) is 44.5 Å². The Bertz CT molecular complexity index is 6630. The molecule has 0 saturated heterocycles. The number of aromatic nitrogens is 2. The van der Waals surface area contributed by atoms with Crippen LogP contribution in [0.25, 0.3) is 89.1 Å². The molecule has 0 saturated carbocycles. The van der Waals surface area contributed by atoms with Crippen LogP contribution in [0.4, 0.5) is 70.2 Å². The van der Waals surface area contributed by atoms with Gasteiger partial charge in [0.1, 0.15) is 93.1 Å². The highest BCUT2D eigenvalue weighted by Gasteiger charge is 2.41. The second-order valence-electron chi connectivity index (χ2n) is 27.1. The van der Waals surface area contributed by atoms with Gasteiger partial charge in [-0.25, -0.2) is 85.0 Å². The van der Waals surface area contributed by atoms with E-state index >= 15 is 70.2 Å². The second kappa shape index (κ2) is 29.0. The summed E-state index contributed by atoms with van der Waals surface area (Å²) in [6.45, 7) is 0. The molecule has 17 rings (SSSR count). The average Bonchev–Trinajstić information content (AvgIpc) is 1.54. The number of aromatic carboxylic acids is 1. The molecule has 115 heavy (non-hydrogen) atoms. The first-order chi connectivity index (χ1) is 55.3. The number of benzene rings is 12. The van der Waals surface area contributed by atoms with Crippen molar-refractivity contribution in [3.63, 3.8) is 0 Å². The van der Waals surface area contributed by atoms with Crippen molar-refractivity contribution in [3.05, 3.63) is 437 Å². The number of carbonyl (C=O) groups is 1. The van der Waals surface area contributed by atoms with E-state index in [1.165, 1.54) is 84.9 Å². The predicted octanol–water partition coefficient (Wildman–Crippen LogP) is 22.7. The van der Waals surface area contributed by atoms with E-state index in [9.17, 15) is 9.90 Å². The van der Waals surface area contributed by atoms with Crippen molar-refractivity contribution in [1.29, 1.82) is 0 Å². The average molecular weight is 1560 g/mol. The second-order valence-corrected chi connectivity index (χ2v) is 27.1. The van der Waals surface area contributed by atoms with Crippen LogP contribution in [0, 0.1) is 93.1 Å². The Hall–Kier alpha value is -14.4. The number of allylic oxidation sites excluding steroid dienone is 4. The molecule has 562 valence electrons. The lowest BCUT2D eigenvalue weighted by Gasteiger charge is -2.18. The smallest absolute Gasteiger partial charge is 0.335 e. The molecule has 2 aliphatic heterocycles. The zero-order chi connectivity index (χ0) is 80.1. The highest BCUT2D eigenvalue weighted by molar-refractivity contribution is 6.53. The SMILES string of the molecule is O=C(O)c1ccc(C2=C3N=C(C(c4cc(F)cc(F)c4)=C3c3cc(F)cc(F)c3)C(c3ccccc3)=c3[nH]c(c(-c4cc(F)cc(F)c4)c3-c3cc(F)cc(F)c3)=C(c3ccccc3)C3=NC(=C(c4ccccc4)c4[nH]c2c(-c2cc(F)cc(F)c2)c4-c2cc(F)cc(F)c2)C(c2cc(F)cc(F)c2)=C3c2cc(F)cc(F)c2)cc1. The molecule has 0 radical (unpaired) electrons. The number of hydrogen-bond donors (Lipinski definition) is 3. The van der Waals surface area contributed by atoms with Crippen LogP contribution in [-0.2, 0) is 0 Å². The topological polar surface area (TPSA) is 93.6 Å². The van der Waals surface area contributed by atoms with Gasteiger partial charge >= 0.3 is 5.97 Å². The number of halogens is 16. The Balaban J connectivity index is 1.29. The fourth-order valence-electron chi connectivity index (χ4n) is 15.5. The molecule has 2 aromatic heterocycles. The number of aromatic amines is 2. The molecule has 0 atom stereocenters. The van der Waals surface area contributed by atoms with Crippen molar-refractivity contribution in [2.45, 2.75) is 0 Å². The third-order valence-corrected chi connectivity index (χ3v) is 19.7. The van der Waals surface area contributed by atoms with E-state index in [4.69, 9.17) is 9.98 Å². The maximum atomic E-state index is 17.0. The summed E-state index contributed by atoms with van der Waals surface area (Å²) in [5, 5.41) is 9.81. The number of carboxylic acid groups (broad SMARTS) is 1. The molecule has 3 aliphatic rings. The Morgan fingerprint density at radius 3 is 0.713 bits per heavy atom. The molecule has 8 bridgehead atoms. The van der Waals surface area contributed by atoms with E-state index in [1.807, 2.05) is 0 Å². The molecule has 0 amide bonds. The highest BCUT2D eigenvalue weighted by atomic mass is 19.2. The summed E-state index contributed by atoms with van der Waals surface area (Å²) in [5.74, 6) is -22.0. The van der Waals surface area contributed by atoms with Crippen molar-refractivity contribution in [1.82, 2.24) is 9.97 Å². The van der Waals surface area contributed by atoms with Crippen LogP contribution in [0.15, 0.2) is 282 Å². The molecule has 4 heterocycles. The molecule has 6 nitrogen and oxygen atoms in total. The van der Waals surface area contributed by atoms with E-state index < -0.39 is 244 Å². The summed E-state index contributed by atoms with van der Waals surface area (Å²) in [6, 6.07) is 44.1. The van der Waals surface area contributed by atoms with Crippen LogP contribution in [0.2, 0.25) is 0 Å². The summed E-state index contributed by atoms with van der Waals surface area (Å²) >= 11 is 0. The lowest BCUT2D eigenvalue weighted by Crippen LogP contribution is -2.24. The summed E-state index contributed by atoms with van der Waals surface area (Å²) in [5.41, 5.74) is -12.8. The van der Waals surface area contributed by atoms with Gasteiger partial charge in [-0.15, -0.1) is 0 Å². The van der Waals surface area contributed by atoms with E-state index in [0.29, 0.717) is 48.5 Å². The van der Waals surface area contributed by atoms with E-state index in [2.05, 4.69) is 9.97 Å². The first-order valence-electron chi connectivity index (χ1n) is 35.0. The molecule has 0 spiro atoms. The van der Waals surface area contributed by atoms with Gasteiger partial charge in [-0.3, -0.25) is 0 Å². The van der Waals surface area contributed by atoms with Gasteiger partial charge in [0, 0.05) is 115 Å². The summed E-state index contributed by atoms with van der Waals surface area (Å²) < 4.78 is 271. The highest BCUT2D eigenvalue weighted by Crippen LogP contribution is 2.55. The van der Waals surface area contributed by atoms with Gasteiger partial charge in [-0.1, -0.05) is 103 Å². The number of aliphatic imine (C=N–C) groups is 2. The molecule has 12 aromatic carbocycles. The number of hydrogen-bond acceptors (Lipinski definition) is 3. The van der Waals surface area contributed by atoms with Crippen molar-refractivity contribution in [2.24, 2.45) is 9.98 Å². The van der Waals surface area contributed by atoms with Crippen LogP contribution < -0.4 is 10.7 Å². The normalized spacial score (nSPS) is 13.6. The molecule has 22 heteroatoms. The van der Waals surface area contributed by atoms with Gasteiger partial charge in [0.05, 0.1) is 50.5 Å². The number of carboxylic acids is 1. The van der Waals surface area contributed by atoms with E-state index in [0.717, 1.165) is 109 Å². The standard InChI is InChI=1S/C93H46F16N4O2/c94-57-20-49(21-58(95)36-57)73-75(51-24-61(98)38-62(99)25-51)87-82(45-12-6-2-7-13-45)89-77(53-28-65(102)40-66(103)29-53)79(55-32-69(106)42-70(107)33-55)91(112-89)84(47-16-18-48(19-17-47)93(114)115)92-80(56-34-71(108)43-72(109)35-56)78(54-30-67(104)41-68(105)31-54)90(113-92)83(46-14-8-3-9-15-46)88-76(52-26-63(100)39-64(101)27-52)74(50-22-59(96)37-60(97)23-50)86(111-88)81(85(73)110-87)44-10-4-1-5-11-44/h1-43,110,113H,(H,114,115). The number of fused-ring (bicyclic) bond motifs is 10. The maximum absolute atomic E-state index is 17.0. The quantitative estimate of drug-likeness (QED) is 0.100. The Kier molecular flexibility index (Phi) is 18.5. The van der Waals surface area contributed by atoms with Gasteiger partial charge in [0.2, 0.25) is 0 Å². The minimum Gasteiger partial charge on any atom is -0.478 e. The van der Waals surface area contributed by atoms with Gasteiger partial charge in [0.25, 0.3) is 0 Å². The van der Waals surface area contributed by atoms with Crippen LogP contribution in [0.3, 0.4) is 0 Å². The molecular formula is C93H46F16N4O2. The third-order valence-electron chi connectivity index (χ3n) is 19.7. The summed E-state index contributed by atoms with van der Waals surface area (Å²) in [4.78, 5) is 31.0. The lowest BCUT2D eigenvalue weighted by atomic mass is 9.83. The first-order valence-corrected chi connectivity index (χ1v) is 35.0. The Morgan fingerprint density at radius 1 is 0.226 bits per heavy atom. The summed E-state index contributed by atoms with van der Waals surface area (Å²) in [6.07, 6.45) is 0. The molecule has 14 aromatic rings. The molecule has 0 unspecified atom stereocenters. The van der Waals surface area contributed by atoms with Gasteiger partial charge in [0.15, 0.2) is 0 Å². The Morgan fingerprint density at radius 2 is 0.452 bits per heavy atom. The van der Waals surface area contributed by atoms with Crippen molar-refractivity contribution in [2.75, 3.05) is 0 Å². The third kappa shape index (κ3) is 13.7. The van der Waals surface area contributed by atoms with Gasteiger partial charge in [-0.2, -0.15) is 0 Å². The number of nitrogens with zero attached hydrogens (tertiary/aromatic N) is 2. The Labute approximate surface area is 641 Å². The number of H-pyrrole nitrogens is 2. The van der Waals surface area contributed by atoms with Gasteiger partial charge in [-0.05, 0) is 176 Å². The van der Waals surface area contributed by atoms with Crippen molar-refractivity contribution < 1.29 is 80.1 Å². The maximum Gasteiger partial charge on any atom is 0.335 e. The largest absolute Gasteiger partial charge is 0.478 e. The summed E-state index contributed by atoms with van der Waals surface area (Å²) in [7, 11) is 0. The van der Waals surface area contributed by atoms with Crippen molar-refractivity contribution >= 4 is 62.0 Å². The molecule has 3 N–H and O–H groups in total.